The minimum atomic E-state index is -4.49. The van der Waals surface area contributed by atoms with Crippen molar-refractivity contribution in [2.75, 3.05) is 5.32 Å². The molecule has 10 heteroatoms. The number of hydrogen-bond acceptors (Lipinski definition) is 4. The topological polar surface area (TPSA) is 50.7 Å². The summed E-state index contributed by atoms with van der Waals surface area (Å²) in [5.41, 5.74) is -0.895. The Kier molecular flexibility index (Phi) is 4.22. The van der Waals surface area contributed by atoms with E-state index in [4.69, 9.17) is 34.8 Å². The molecule has 0 bridgehead atoms. The fourth-order valence-electron chi connectivity index (χ4n) is 1.30. The second kappa shape index (κ2) is 5.59. The Labute approximate surface area is 125 Å². The van der Waals surface area contributed by atoms with Gasteiger partial charge in [0.05, 0.1) is 16.3 Å². The first-order valence-electron chi connectivity index (χ1n) is 4.97. The largest absolute Gasteiger partial charge is 0.416 e. The summed E-state index contributed by atoms with van der Waals surface area (Å²) in [6, 6.07) is 2.80. The highest BCUT2D eigenvalue weighted by atomic mass is 35.5. The zero-order valence-electron chi connectivity index (χ0n) is 9.34. The monoisotopic (exact) mass is 342 g/mol. The Balaban J connectivity index is 2.40. The van der Waals surface area contributed by atoms with Crippen molar-refractivity contribution in [1.29, 1.82) is 0 Å². The zero-order valence-corrected chi connectivity index (χ0v) is 11.6. The molecular formula is C10H4Cl3F3N4. The summed E-state index contributed by atoms with van der Waals surface area (Å²) in [6.45, 7) is 0. The number of alkyl halides is 3. The molecule has 0 aliphatic heterocycles. The number of rotatable bonds is 2. The summed E-state index contributed by atoms with van der Waals surface area (Å²) in [5.74, 6) is -0.0482. The molecule has 20 heavy (non-hydrogen) atoms. The van der Waals surface area contributed by atoms with Gasteiger partial charge in [-0.3, -0.25) is 0 Å². The summed E-state index contributed by atoms with van der Waals surface area (Å²) in [7, 11) is 0. The molecule has 4 nitrogen and oxygen atoms in total. The van der Waals surface area contributed by atoms with Gasteiger partial charge in [-0.15, -0.1) is 10.2 Å². The lowest BCUT2D eigenvalue weighted by Gasteiger charge is -2.12. The van der Waals surface area contributed by atoms with Gasteiger partial charge in [0.15, 0.2) is 11.0 Å². The minimum Gasteiger partial charge on any atom is -0.336 e. The number of anilines is 2. The number of nitrogens with zero attached hydrogens (tertiary/aromatic N) is 3. The molecule has 0 aliphatic rings. The van der Waals surface area contributed by atoms with Gasteiger partial charge in [-0.1, -0.05) is 23.2 Å². The lowest BCUT2D eigenvalue weighted by molar-refractivity contribution is -0.137. The SMILES string of the molecule is FC(F)(F)c1ccc(Cl)c(Nc2nc(Cl)nnc2Cl)c1. The van der Waals surface area contributed by atoms with Crippen LogP contribution >= 0.6 is 34.8 Å². The summed E-state index contributed by atoms with van der Waals surface area (Å²) in [5, 5.41) is 9.08. The predicted octanol–water partition coefficient (Wildman–Crippen LogP) is 4.59. The van der Waals surface area contributed by atoms with Crippen molar-refractivity contribution in [1.82, 2.24) is 15.2 Å². The summed E-state index contributed by atoms with van der Waals surface area (Å²) in [6.07, 6.45) is -4.49. The molecule has 1 aromatic carbocycles. The van der Waals surface area contributed by atoms with Gasteiger partial charge >= 0.3 is 6.18 Å². The molecule has 1 aromatic heterocycles. The predicted molar refractivity (Wildman–Crippen MR) is 69.6 cm³/mol. The number of hydrogen-bond donors (Lipinski definition) is 1. The maximum Gasteiger partial charge on any atom is 0.416 e. The summed E-state index contributed by atoms with van der Waals surface area (Å²) >= 11 is 17.1. The van der Waals surface area contributed by atoms with Gasteiger partial charge in [-0.2, -0.15) is 18.2 Å². The van der Waals surface area contributed by atoms with Crippen LogP contribution in [0.5, 0.6) is 0 Å². The fourth-order valence-corrected chi connectivity index (χ4v) is 1.71. The van der Waals surface area contributed by atoms with Crippen LogP contribution in [0.3, 0.4) is 0 Å². The Morgan fingerprint density at radius 2 is 1.75 bits per heavy atom. The highest BCUT2D eigenvalue weighted by molar-refractivity contribution is 6.34. The number of halogens is 6. The molecule has 0 spiro atoms. The van der Waals surface area contributed by atoms with Crippen molar-refractivity contribution in [2.24, 2.45) is 0 Å². The first-order valence-corrected chi connectivity index (χ1v) is 6.10. The molecule has 0 saturated carbocycles. The Hall–Kier alpha value is -1.31. The van der Waals surface area contributed by atoms with Gasteiger partial charge in [-0.25, -0.2) is 0 Å². The van der Waals surface area contributed by atoms with E-state index in [2.05, 4.69) is 20.5 Å². The van der Waals surface area contributed by atoms with Crippen molar-refractivity contribution in [3.63, 3.8) is 0 Å². The lowest BCUT2D eigenvalue weighted by Crippen LogP contribution is -2.06. The highest BCUT2D eigenvalue weighted by Crippen LogP contribution is 2.35. The third-order valence-electron chi connectivity index (χ3n) is 2.17. The molecule has 0 saturated heterocycles. The van der Waals surface area contributed by atoms with Crippen molar-refractivity contribution >= 4 is 46.3 Å². The van der Waals surface area contributed by atoms with Gasteiger partial charge in [0, 0.05) is 0 Å². The van der Waals surface area contributed by atoms with Crippen LogP contribution in [0.15, 0.2) is 18.2 Å². The first-order chi connectivity index (χ1) is 9.27. The Bertz CT molecular complexity index is 648. The zero-order chi connectivity index (χ0) is 14.9. The average molecular weight is 344 g/mol. The van der Waals surface area contributed by atoms with Gasteiger partial charge in [-0.05, 0) is 29.8 Å². The number of nitrogens with one attached hydrogen (secondary N) is 1. The maximum atomic E-state index is 12.6. The number of aromatic nitrogens is 3. The van der Waals surface area contributed by atoms with E-state index in [0.29, 0.717) is 0 Å². The maximum absolute atomic E-state index is 12.6. The van der Waals surface area contributed by atoms with Crippen molar-refractivity contribution in [2.45, 2.75) is 6.18 Å². The quantitative estimate of drug-likeness (QED) is 0.866. The lowest BCUT2D eigenvalue weighted by atomic mass is 10.2. The molecule has 0 radical (unpaired) electrons. The van der Waals surface area contributed by atoms with Gasteiger partial charge < -0.3 is 5.32 Å². The van der Waals surface area contributed by atoms with Crippen molar-refractivity contribution in [3.05, 3.63) is 39.2 Å². The van der Waals surface area contributed by atoms with E-state index >= 15 is 0 Å². The highest BCUT2D eigenvalue weighted by Gasteiger charge is 2.31. The van der Waals surface area contributed by atoms with Crippen LogP contribution in [0.25, 0.3) is 0 Å². The molecule has 2 aromatic rings. The second-order valence-corrected chi connectivity index (χ2v) is 4.64. The van der Waals surface area contributed by atoms with Crippen LogP contribution in [0.4, 0.5) is 24.7 Å². The molecule has 0 aliphatic carbocycles. The normalized spacial score (nSPS) is 11.5. The van der Waals surface area contributed by atoms with E-state index in [1.165, 1.54) is 0 Å². The van der Waals surface area contributed by atoms with Crippen LogP contribution in [-0.2, 0) is 6.18 Å². The van der Waals surface area contributed by atoms with Crippen LogP contribution in [-0.4, -0.2) is 15.2 Å². The van der Waals surface area contributed by atoms with E-state index in [0.717, 1.165) is 18.2 Å². The smallest absolute Gasteiger partial charge is 0.336 e. The van der Waals surface area contributed by atoms with Gasteiger partial charge in [0.2, 0.25) is 5.28 Å². The third-order valence-corrected chi connectivity index (χ3v) is 2.91. The summed E-state index contributed by atoms with van der Waals surface area (Å²) < 4.78 is 37.9. The third kappa shape index (κ3) is 3.41. The average Bonchev–Trinajstić information content (AvgIpc) is 2.35. The van der Waals surface area contributed by atoms with Crippen LogP contribution in [0.1, 0.15) is 5.56 Å². The molecule has 106 valence electrons. The van der Waals surface area contributed by atoms with Crippen molar-refractivity contribution in [3.8, 4) is 0 Å². The standard InChI is InChI=1S/C10H4Cl3F3N4/c11-5-2-1-4(10(14,15)16)3-6(5)17-8-7(12)19-20-9(13)18-8/h1-3H,(H,17,18,20). The fraction of sp³-hybridized carbons (Fsp3) is 0.100. The molecule has 1 heterocycles. The van der Waals surface area contributed by atoms with Gasteiger partial charge in [0.25, 0.3) is 0 Å². The molecule has 1 N–H and O–H groups in total. The van der Waals surface area contributed by atoms with E-state index in [1.54, 1.807) is 0 Å². The van der Waals surface area contributed by atoms with Crippen LogP contribution < -0.4 is 5.32 Å². The molecule has 2 rings (SSSR count). The Morgan fingerprint density at radius 3 is 2.40 bits per heavy atom. The van der Waals surface area contributed by atoms with E-state index in [9.17, 15) is 13.2 Å². The van der Waals surface area contributed by atoms with Crippen molar-refractivity contribution < 1.29 is 13.2 Å². The molecular weight excluding hydrogens is 339 g/mol. The molecule has 0 unspecified atom stereocenters. The number of benzene rings is 1. The van der Waals surface area contributed by atoms with E-state index < -0.39 is 11.7 Å². The molecule has 0 fully saturated rings. The molecule has 0 amide bonds. The van der Waals surface area contributed by atoms with E-state index in [1.807, 2.05) is 0 Å². The first kappa shape index (κ1) is 15.1. The minimum absolute atomic E-state index is 0.0278. The van der Waals surface area contributed by atoms with Crippen LogP contribution in [0, 0.1) is 0 Å². The van der Waals surface area contributed by atoms with Crippen LogP contribution in [0.2, 0.25) is 15.5 Å². The Morgan fingerprint density at radius 1 is 1.05 bits per heavy atom. The summed E-state index contributed by atoms with van der Waals surface area (Å²) in [4.78, 5) is 3.71. The second-order valence-electron chi connectivity index (χ2n) is 3.54. The van der Waals surface area contributed by atoms with E-state index in [-0.39, 0.29) is 27.0 Å². The van der Waals surface area contributed by atoms with Gasteiger partial charge in [0.1, 0.15) is 0 Å². The molecule has 0 atom stereocenters.